The van der Waals surface area contributed by atoms with E-state index in [1.807, 2.05) is 0 Å². The number of nitrogens with zero attached hydrogens (tertiary/aromatic N) is 2. The van der Waals surface area contributed by atoms with Gasteiger partial charge in [0.1, 0.15) is 11.7 Å². The number of aromatic nitrogens is 1. The van der Waals surface area contributed by atoms with Gasteiger partial charge in [0.2, 0.25) is 5.91 Å². The number of para-hydroxylation sites is 2. The second-order valence-corrected chi connectivity index (χ2v) is 5.38. The van der Waals surface area contributed by atoms with Gasteiger partial charge < -0.3 is 10.1 Å². The van der Waals surface area contributed by atoms with Crippen LogP contribution in [0.4, 0.5) is 11.4 Å². The van der Waals surface area contributed by atoms with Crippen LogP contribution in [0.25, 0.3) is 0 Å². The second-order valence-electron chi connectivity index (χ2n) is 4.99. The molecule has 2 amide bonds. The number of pyridine rings is 1. The average molecular weight is 346 g/mol. The zero-order valence-electron chi connectivity index (χ0n) is 12.4. The van der Waals surface area contributed by atoms with Crippen molar-refractivity contribution >= 4 is 40.8 Å². The van der Waals surface area contributed by atoms with Crippen LogP contribution in [0.5, 0.6) is 0 Å². The molecule has 1 aliphatic heterocycles. The Bertz CT molecular complexity index is 807. The number of anilines is 2. The minimum atomic E-state index is -0.692. The van der Waals surface area contributed by atoms with Gasteiger partial charge in [-0.05, 0) is 24.3 Å². The Labute approximate surface area is 142 Å². The molecule has 8 heteroatoms. The Hall–Kier alpha value is -2.93. The summed E-state index contributed by atoms with van der Waals surface area (Å²) in [6.07, 6.45) is 1.26. The summed E-state index contributed by atoms with van der Waals surface area (Å²) in [5.74, 6) is -1.50. The quantitative estimate of drug-likeness (QED) is 0.677. The fourth-order valence-electron chi connectivity index (χ4n) is 2.24. The summed E-state index contributed by atoms with van der Waals surface area (Å²) in [5.41, 5.74) is 1.28. The maximum Gasteiger partial charge on any atom is 0.340 e. The molecule has 1 aromatic carbocycles. The molecule has 3 rings (SSSR count). The first-order valence-electron chi connectivity index (χ1n) is 7.02. The first-order valence-corrected chi connectivity index (χ1v) is 7.40. The zero-order valence-corrected chi connectivity index (χ0v) is 13.1. The predicted molar refractivity (Wildman–Crippen MR) is 87.0 cm³/mol. The van der Waals surface area contributed by atoms with Crippen LogP contribution >= 0.6 is 11.6 Å². The summed E-state index contributed by atoms with van der Waals surface area (Å²) >= 11 is 5.65. The van der Waals surface area contributed by atoms with Crippen LogP contribution < -0.4 is 10.2 Å². The van der Waals surface area contributed by atoms with Crippen LogP contribution in [0.1, 0.15) is 10.4 Å². The van der Waals surface area contributed by atoms with Gasteiger partial charge in [0.05, 0.1) is 16.9 Å². The highest BCUT2D eigenvalue weighted by molar-refractivity contribution is 6.29. The van der Waals surface area contributed by atoms with E-state index in [-0.39, 0.29) is 23.2 Å². The molecule has 24 heavy (non-hydrogen) atoms. The maximum atomic E-state index is 12.3. The molecule has 0 radical (unpaired) electrons. The summed E-state index contributed by atoms with van der Waals surface area (Å²) in [4.78, 5) is 41.0. The largest absolute Gasteiger partial charge is 0.452 e. The van der Waals surface area contributed by atoms with E-state index in [1.165, 1.54) is 23.2 Å². The molecule has 0 atom stereocenters. The number of hydrogen-bond acceptors (Lipinski definition) is 5. The van der Waals surface area contributed by atoms with E-state index in [9.17, 15) is 14.4 Å². The third-order valence-corrected chi connectivity index (χ3v) is 3.59. The first kappa shape index (κ1) is 15.9. The Kier molecular flexibility index (Phi) is 4.43. The molecule has 7 nitrogen and oxygen atoms in total. The van der Waals surface area contributed by atoms with Crippen molar-refractivity contribution in [2.75, 3.05) is 23.4 Å². The van der Waals surface area contributed by atoms with Crippen molar-refractivity contribution in [3.05, 3.63) is 53.3 Å². The van der Waals surface area contributed by atoms with Gasteiger partial charge in [-0.2, -0.15) is 0 Å². The molecule has 0 fully saturated rings. The number of esters is 1. The Morgan fingerprint density at radius 1 is 1.25 bits per heavy atom. The van der Waals surface area contributed by atoms with E-state index < -0.39 is 18.5 Å². The summed E-state index contributed by atoms with van der Waals surface area (Å²) in [5, 5.41) is 2.93. The summed E-state index contributed by atoms with van der Waals surface area (Å²) in [6, 6.07) is 9.80. The fourth-order valence-corrected chi connectivity index (χ4v) is 2.35. The number of hydrogen-bond donors (Lipinski definition) is 1. The molecule has 0 aliphatic carbocycles. The Morgan fingerprint density at radius 2 is 2.04 bits per heavy atom. The standard InChI is InChI=1S/C16H12ClN3O4/c17-13-6-5-10(7-18-13)16(23)24-9-15(22)20-8-14(21)19-11-3-1-2-4-12(11)20/h1-7H,8-9H2,(H,19,21). The number of nitrogens with one attached hydrogen (secondary N) is 1. The smallest absolute Gasteiger partial charge is 0.340 e. The molecule has 2 heterocycles. The van der Waals surface area contributed by atoms with E-state index in [2.05, 4.69) is 10.3 Å². The number of carbonyl (C=O) groups excluding carboxylic acids is 3. The van der Waals surface area contributed by atoms with Crippen LogP contribution in [0.3, 0.4) is 0 Å². The van der Waals surface area contributed by atoms with Gasteiger partial charge in [-0.3, -0.25) is 14.5 Å². The number of halogens is 1. The van der Waals surface area contributed by atoms with Gasteiger partial charge in [0, 0.05) is 6.20 Å². The molecule has 1 N–H and O–H groups in total. The lowest BCUT2D eigenvalue weighted by molar-refractivity contribution is -0.124. The van der Waals surface area contributed by atoms with Gasteiger partial charge in [-0.25, -0.2) is 9.78 Å². The van der Waals surface area contributed by atoms with Gasteiger partial charge in [0.25, 0.3) is 5.91 Å². The molecule has 1 aliphatic rings. The van der Waals surface area contributed by atoms with Crippen LogP contribution in [-0.2, 0) is 14.3 Å². The normalized spacial score (nSPS) is 13.0. The van der Waals surface area contributed by atoms with E-state index in [0.717, 1.165) is 0 Å². The lowest BCUT2D eigenvalue weighted by Gasteiger charge is -2.28. The number of carbonyl (C=O) groups is 3. The Morgan fingerprint density at radius 3 is 2.79 bits per heavy atom. The van der Waals surface area contributed by atoms with E-state index in [4.69, 9.17) is 16.3 Å². The number of ether oxygens (including phenoxy) is 1. The third-order valence-electron chi connectivity index (χ3n) is 3.36. The third kappa shape index (κ3) is 3.36. The lowest BCUT2D eigenvalue weighted by Crippen LogP contribution is -2.44. The first-order chi connectivity index (χ1) is 11.5. The van der Waals surface area contributed by atoms with Crippen molar-refractivity contribution in [1.29, 1.82) is 0 Å². The van der Waals surface area contributed by atoms with Crippen molar-refractivity contribution < 1.29 is 19.1 Å². The van der Waals surface area contributed by atoms with E-state index in [0.29, 0.717) is 11.4 Å². The van der Waals surface area contributed by atoms with Crippen LogP contribution in [0.15, 0.2) is 42.6 Å². The predicted octanol–water partition coefficient (Wildman–Crippen LogP) is 1.88. The molecule has 122 valence electrons. The van der Waals surface area contributed by atoms with Gasteiger partial charge in [-0.15, -0.1) is 0 Å². The molecule has 0 unspecified atom stereocenters. The molecule has 0 bridgehead atoms. The Balaban J connectivity index is 1.68. The molecule has 0 saturated carbocycles. The van der Waals surface area contributed by atoms with Crippen molar-refractivity contribution in [1.82, 2.24) is 4.98 Å². The molecule has 0 saturated heterocycles. The summed E-state index contributed by atoms with van der Waals surface area (Å²) in [7, 11) is 0. The minimum Gasteiger partial charge on any atom is -0.452 e. The number of benzene rings is 1. The van der Waals surface area contributed by atoms with Crippen LogP contribution in [0, 0.1) is 0 Å². The van der Waals surface area contributed by atoms with Crippen molar-refractivity contribution in [2.24, 2.45) is 0 Å². The second kappa shape index (κ2) is 6.67. The van der Waals surface area contributed by atoms with Gasteiger partial charge in [-0.1, -0.05) is 23.7 Å². The SMILES string of the molecule is O=C1CN(C(=O)COC(=O)c2ccc(Cl)nc2)c2ccccc2N1. The van der Waals surface area contributed by atoms with Crippen LogP contribution in [-0.4, -0.2) is 35.9 Å². The number of rotatable bonds is 3. The average Bonchev–Trinajstić information content (AvgIpc) is 2.59. The van der Waals surface area contributed by atoms with E-state index >= 15 is 0 Å². The molecular formula is C16H12ClN3O4. The number of fused-ring (bicyclic) bond motifs is 1. The summed E-state index contributed by atoms with van der Waals surface area (Å²) in [6.45, 7) is -0.612. The number of amides is 2. The van der Waals surface area contributed by atoms with Crippen LogP contribution in [0.2, 0.25) is 5.15 Å². The topological polar surface area (TPSA) is 88.6 Å². The zero-order chi connectivity index (χ0) is 17.1. The fraction of sp³-hybridized carbons (Fsp3) is 0.125. The lowest BCUT2D eigenvalue weighted by atomic mass is 10.2. The van der Waals surface area contributed by atoms with E-state index in [1.54, 1.807) is 24.3 Å². The highest BCUT2D eigenvalue weighted by Crippen LogP contribution is 2.28. The van der Waals surface area contributed by atoms with Gasteiger partial charge in [0.15, 0.2) is 6.61 Å². The molecule has 2 aromatic rings. The minimum absolute atomic E-state index is 0.129. The van der Waals surface area contributed by atoms with Crippen molar-refractivity contribution in [2.45, 2.75) is 0 Å². The van der Waals surface area contributed by atoms with Crippen molar-refractivity contribution in [3.63, 3.8) is 0 Å². The molecule has 0 spiro atoms. The highest BCUT2D eigenvalue weighted by atomic mass is 35.5. The van der Waals surface area contributed by atoms with Gasteiger partial charge >= 0.3 is 5.97 Å². The monoisotopic (exact) mass is 345 g/mol. The maximum absolute atomic E-state index is 12.3. The van der Waals surface area contributed by atoms with Crippen molar-refractivity contribution in [3.8, 4) is 0 Å². The molecule has 1 aromatic heterocycles. The molecular weight excluding hydrogens is 334 g/mol. The highest BCUT2D eigenvalue weighted by Gasteiger charge is 2.27. The summed E-state index contributed by atoms with van der Waals surface area (Å²) < 4.78 is 4.99.